The van der Waals surface area contributed by atoms with Crippen LogP contribution in [0.4, 0.5) is 4.79 Å². The number of carbonyl (C=O) groups excluding carboxylic acids is 2. The number of aliphatic hydroxyl groups is 1. The summed E-state index contributed by atoms with van der Waals surface area (Å²) in [6, 6.07) is -0.724. The van der Waals surface area contributed by atoms with Gasteiger partial charge in [-0.15, -0.1) is 0 Å². The number of imide groups is 1. The van der Waals surface area contributed by atoms with E-state index >= 15 is 0 Å². The second kappa shape index (κ2) is 13.0. The van der Waals surface area contributed by atoms with Crippen molar-refractivity contribution in [3.8, 4) is 0 Å². The molecule has 28 heavy (non-hydrogen) atoms. The van der Waals surface area contributed by atoms with Gasteiger partial charge >= 0.3 is 6.03 Å². The Morgan fingerprint density at radius 1 is 1.25 bits per heavy atom. The van der Waals surface area contributed by atoms with Crippen LogP contribution in [-0.4, -0.2) is 142 Å². The number of nitrogens with one attached hydrogen (secondary N) is 1. The molecule has 0 aliphatic carbocycles. The molecule has 2 aliphatic heterocycles. The minimum atomic E-state index is -5.82. The molecule has 0 bridgehead atoms. The monoisotopic (exact) mass is 470 g/mol. The number of nitrogens with zero attached hydrogens (tertiary/aromatic N) is 1. The van der Waals surface area contributed by atoms with Crippen molar-refractivity contribution in [2.45, 2.75) is 31.8 Å². The third-order valence-electron chi connectivity index (χ3n) is 3.56. The summed E-state index contributed by atoms with van der Waals surface area (Å²) in [5.74, 6) is -0.962. The van der Waals surface area contributed by atoms with Crippen molar-refractivity contribution in [3.05, 3.63) is 0 Å². The van der Waals surface area contributed by atoms with Gasteiger partial charge in [0, 0.05) is 102 Å². The molecular weight excluding hydrogens is 455 g/mol. The molecule has 0 aromatic carbocycles. The van der Waals surface area contributed by atoms with E-state index < -0.39 is 58.5 Å². The van der Waals surface area contributed by atoms with Gasteiger partial charge < -0.3 is 33.6 Å². The molecule has 5 atom stereocenters. The molecule has 0 aromatic rings. The molecule has 2 unspecified atom stereocenters. The van der Waals surface area contributed by atoms with Crippen molar-refractivity contribution in [3.63, 3.8) is 0 Å². The van der Waals surface area contributed by atoms with E-state index in [1.165, 1.54) is 0 Å². The van der Waals surface area contributed by atoms with Crippen LogP contribution in [0.3, 0.4) is 0 Å². The smallest absolute Gasteiger partial charge is 0.326 e. The van der Waals surface area contributed by atoms with Crippen LogP contribution < -0.4 is 20.0 Å². The zero-order valence-electron chi connectivity index (χ0n) is 15.8. The molecule has 2 aliphatic rings. The number of ether oxygens (including phenoxy) is 1. The number of carbonyl (C=O) groups is 2. The van der Waals surface area contributed by atoms with Crippen molar-refractivity contribution < 1.29 is 52.1 Å². The molecule has 0 spiro atoms. The molecule has 2 heterocycles. The van der Waals surface area contributed by atoms with Crippen molar-refractivity contribution in [1.29, 1.82) is 0 Å². The number of phosphoric acid groups is 2. The Hall–Kier alpha value is 2.12. The molecule has 18 heteroatoms. The van der Waals surface area contributed by atoms with Crippen LogP contribution in [-0.2, 0) is 27.5 Å². The van der Waals surface area contributed by atoms with Gasteiger partial charge in [-0.1, -0.05) is 6.92 Å². The van der Waals surface area contributed by atoms with E-state index in [4.69, 9.17) is 4.74 Å². The first kappa shape index (κ1) is 32.3. The van der Waals surface area contributed by atoms with E-state index in [0.717, 1.165) is 4.90 Å². The van der Waals surface area contributed by atoms with E-state index in [2.05, 4.69) is 14.2 Å². The van der Waals surface area contributed by atoms with Crippen molar-refractivity contribution in [1.82, 2.24) is 10.2 Å². The number of amides is 3. The largest absolute Gasteiger partial charge is 0.790 e. The number of hydrogen-bond acceptors (Lipinski definition) is 11. The molecule has 2 saturated heterocycles. The standard InChI is InChI=1S/C10H18N2O11P2.3Na/c1-5-3-12(10(15)11-9(5)14)8-2-6(13)7(22-8)4-21-25(19,20)23-24(16,17)18;;;/h5-8,13H,2-4H2,1H3,(H,19,20)(H,11,14,15)(H2,16,17,18);;;/p-3/t5?,6-,7+,8+;;;/m0.../s1. The first-order chi connectivity index (χ1) is 11.4. The fraction of sp³-hybridized carbons (Fsp3) is 0.800. The first-order valence-corrected chi connectivity index (χ1v) is 9.94. The molecule has 2 fully saturated rings. The molecule has 3 amide bonds. The minimum Gasteiger partial charge on any atom is -0.790 e. The van der Waals surface area contributed by atoms with Gasteiger partial charge in [0.2, 0.25) is 5.91 Å². The average molecular weight is 470 g/mol. The Labute approximate surface area is 227 Å². The number of phosphoric ester groups is 1. The molecule has 2 N–H and O–H groups in total. The topological polar surface area (TPSA) is 201 Å². The predicted octanol–water partition coefficient (Wildman–Crippen LogP) is -4.16. The number of urea groups is 1. The van der Waals surface area contributed by atoms with Gasteiger partial charge in [-0.25, -0.2) is 4.79 Å². The maximum absolute atomic E-state index is 11.8. The first-order valence-electron chi connectivity index (χ1n) is 7.02. The van der Waals surface area contributed by atoms with E-state index in [1.54, 1.807) is 6.92 Å². The normalized spacial score (nSPS) is 29.7. The summed E-state index contributed by atoms with van der Waals surface area (Å²) >= 11 is 0. The molecular formula is C10H15N2Na3O11P2-3. The van der Waals surface area contributed by atoms with Crippen molar-refractivity contribution in [2.24, 2.45) is 5.92 Å². The number of aliphatic hydroxyl groups excluding tert-OH is 1. The van der Waals surface area contributed by atoms with E-state index in [0.29, 0.717) is 0 Å². The summed E-state index contributed by atoms with van der Waals surface area (Å²) in [5, 5.41) is 12.0. The SMILES string of the molecule is CC1CN([C@H]2C[C@H](O)[C@@H](COP(=O)([O-])OP(=O)([O-])[O-])O2)C(=O)NC1=O.[Na].[Na].[Na]. The Morgan fingerprint density at radius 2 is 1.82 bits per heavy atom. The van der Waals surface area contributed by atoms with Crippen molar-refractivity contribution >= 4 is 116 Å². The Kier molecular flexibility index (Phi) is 15.0. The van der Waals surface area contributed by atoms with Crippen LogP contribution >= 0.6 is 15.6 Å². The third-order valence-corrected chi connectivity index (χ3v) is 5.62. The summed E-state index contributed by atoms with van der Waals surface area (Å²) < 4.78 is 34.3. The molecule has 3 radical (unpaired) electrons. The van der Waals surface area contributed by atoms with Crippen LogP contribution in [0.1, 0.15) is 13.3 Å². The number of hydrogen-bond donors (Lipinski definition) is 2. The average Bonchev–Trinajstić information content (AvgIpc) is 2.79. The Balaban J connectivity index is 0. The molecule has 0 saturated carbocycles. The van der Waals surface area contributed by atoms with E-state index in [1.807, 2.05) is 0 Å². The second-order valence-corrected chi connectivity index (χ2v) is 8.25. The number of rotatable bonds is 6. The van der Waals surface area contributed by atoms with Crippen LogP contribution in [0.2, 0.25) is 0 Å². The van der Waals surface area contributed by atoms with Crippen molar-refractivity contribution in [2.75, 3.05) is 13.2 Å². The Morgan fingerprint density at radius 3 is 2.36 bits per heavy atom. The maximum atomic E-state index is 11.8. The molecule has 0 aromatic heterocycles. The van der Waals surface area contributed by atoms with Gasteiger partial charge in [-0.3, -0.25) is 23.9 Å². The minimum absolute atomic E-state index is 0. The zero-order chi connectivity index (χ0) is 19.0. The molecule has 147 valence electrons. The van der Waals surface area contributed by atoms with Gasteiger partial charge in [0.15, 0.2) is 0 Å². The Bertz CT molecular complexity index is 650. The fourth-order valence-electron chi connectivity index (χ4n) is 2.38. The van der Waals surface area contributed by atoms with Gasteiger partial charge in [-0.05, 0) is 0 Å². The fourth-order valence-corrected chi connectivity index (χ4v) is 3.88. The second-order valence-electron chi connectivity index (χ2n) is 5.55. The zero-order valence-corrected chi connectivity index (χ0v) is 23.6. The third kappa shape index (κ3) is 9.72. The van der Waals surface area contributed by atoms with Gasteiger partial charge in [-0.2, -0.15) is 0 Å². The van der Waals surface area contributed by atoms with Crippen LogP contribution in [0.25, 0.3) is 0 Å². The summed E-state index contributed by atoms with van der Waals surface area (Å²) in [7, 11) is -11.3. The summed E-state index contributed by atoms with van der Waals surface area (Å²) in [5.41, 5.74) is 0. The molecule has 2 rings (SSSR count). The summed E-state index contributed by atoms with van der Waals surface area (Å²) in [4.78, 5) is 56.1. The van der Waals surface area contributed by atoms with Crippen LogP contribution in [0.15, 0.2) is 0 Å². The van der Waals surface area contributed by atoms with Crippen LogP contribution in [0.5, 0.6) is 0 Å². The molecule has 13 nitrogen and oxygen atoms in total. The van der Waals surface area contributed by atoms with E-state index in [-0.39, 0.29) is 102 Å². The van der Waals surface area contributed by atoms with Gasteiger partial charge in [0.1, 0.15) is 12.3 Å². The van der Waals surface area contributed by atoms with Gasteiger partial charge in [0.25, 0.3) is 7.82 Å². The maximum Gasteiger partial charge on any atom is 0.326 e. The van der Waals surface area contributed by atoms with Crippen LogP contribution in [0, 0.1) is 5.92 Å². The predicted molar refractivity (Wildman–Crippen MR) is 88.2 cm³/mol. The summed E-state index contributed by atoms with van der Waals surface area (Å²) in [6.07, 6.45) is -3.50. The van der Waals surface area contributed by atoms with Gasteiger partial charge in [0.05, 0.1) is 26.5 Å². The summed E-state index contributed by atoms with van der Waals surface area (Å²) in [6.45, 7) is 0.784. The van der Waals surface area contributed by atoms with E-state index in [9.17, 15) is 38.5 Å². The quantitative estimate of drug-likeness (QED) is 0.282.